The van der Waals surface area contributed by atoms with Crippen LogP contribution in [0.5, 0.6) is 0 Å². The van der Waals surface area contributed by atoms with Crippen molar-refractivity contribution in [3.63, 3.8) is 0 Å². The number of nitrogens with zero attached hydrogens (tertiary/aromatic N) is 3. The Labute approximate surface area is 136 Å². The predicted molar refractivity (Wildman–Crippen MR) is 84.4 cm³/mol. The minimum atomic E-state index is -1.39. The van der Waals surface area contributed by atoms with Gasteiger partial charge in [0.2, 0.25) is 0 Å². The third-order valence-corrected chi connectivity index (χ3v) is 3.89. The molecule has 1 aromatic rings. The number of aliphatic imine (C=N–C) groups is 1. The Morgan fingerprint density at radius 3 is 2.38 bits per heavy atom. The summed E-state index contributed by atoms with van der Waals surface area (Å²) in [6.07, 6.45) is 0. The largest absolute Gasteiger partial charge is 0.466 e. The number of esters is 1. The van der Waals surface area contributed by atoms with E-state index in [0.717, 1.165) is 7.11 Å². The average Bonchev–Trinajstić information content (AvgIpc) is 2.52. The monoisotopic (exact) mass is 333 g/mol. The van der Waals surface area contributed by atoms with E-state index >= 15 is 0 Å². The molecule has 0 spiro atoms. The molecular formula is C15H15N3O6. The van der Waals surface area contributed by atoms with Gasteiger partial charge in [0.25, 0.3) is 11.7 Å². The van der Waals surface area contributed by atoms with Crippen LogP contribution in [0.1, 0.15) is 25.3 Å². The topological polar surface area (TPSA) is 125 Å². The van der Waals surface area contributed by atoms with Crippen LogP contribution < -0.4 is 0 Å². The average molecular weight is 333 g/mol. The number of hydrogen-bond donors (Lipinski definition) is 0. The summed E-state index contributed by atoms with van der Waals surface area (Å²) in [6, 6.07) is 4.26. The van der Waals surface area contributed by atoms with Crippen molar-refractivity contribution in [2.24, 2.45) is 4.99 Å². The van der Waals surface area contributed by atoms with Crippen LogP contribution in [-0.4, -0.2) is 34.7 Å². The summed E-state index contributed by atoms with van der Waals surface area (Å²) in [5.74, 6) is -1.94. The molecule has 0 N–H and O–H groups in total. The van der Waals surface area contributed by atoms with Gasteiger partial charge in [0.15, 0.2) is 0 Å². The Kier molecular flexibility index (Phi) is 4.72. The van der Waals surface area contributed by atoms with Gasteiger partial charge in [-0.3, -0.25) is 25.2 Å². The van der Waals surface area contributed by atoms with Crippen molar-refractivity contribution in [3.05, 3.63) is 61.3 Å². The molecule has 1 aliphatic heterocycles. The first kappa shape index (κ1) is 17.3. The Hall–Kier alpha value is -3.10. The lowest BCUT2D eigenvalue weighted by atomic mass is 9.79. The second-order valence-corrected chi connectivity index (χ2v) is 5.27. The Bertz CT molecular complexity index is 783. The highest BCUT2D eigenvalue weighted by Crippen LogP contribution is 2.40. The number of carbonyl (C=O) groups excluding carboxylic acids is 1. The molecule has 2 unspecified atom stereocenters. The van der Waals surface area contributed by atoms with Crippen molar-refractivity contribution in [3.8, 4) is 0 Å². The Balaban J connectivity index is 2.78. The molecule has 0 aromatic heterocycles. The van der Waals surface area contributed by atoms with E-state index in [1.165, 1.54) is 38.1 Å². The molecule has 0 saturated heterocycles. The number of nitro groups is 2. The molecule has 2 rings (SSSR count). The molecular weight excluding hydrogens is 318 g/mol. The summed E-state index contributed by atoms with van der Waals surface area (Å²) in [5, 5.41) is 22.9. The summed E-state index contributed by atoms with van der Waals surface area (Å²) in [6.45, 7) is 2.99. The number of benzene rings is 1. The van der Waals surface area contributed by atoms with Gasteiger partial charge in [0, 0.05) is 22.3 Å². The number of para-hydroxylation sites is 1. The lowest BCUT2D eigenvalue weighted by molar-refractivity contribution is -0.506. The van der Waals surface area contributed by atoms with Crippen LogP contribution in [-0.2, 0) is 9.53 Å². The highest BCUT2D eigenvalue weighted by molar-refractivity contribution is 5.98. The first-order chi connectivity index (χ1) is 11.3. The van der Waals surface area contributed by atoms with Crippen LogP contribution in [0.3, 0.4) is 0 Å². The molecule has 1 heterocycles. The van der Waals surface area contributed by atoms with Crippen LogP contribution in [0.15, 0.2) is 40.5 Å². The van der Waals surface area contributed by atoms with Crippen molar-refractivity contribution in [1.29, 1.82) is 0 Å². The molecule has 0 saturated carbocycles. The molecule has 0 bridgehead atoms. The molecule has 1 aromatic carbocycles. The lowest BCUT2D eigenvalue weighted by Crippen LogP contribution is -2.40. The quantitative estimate of drug-likeness (QED) is 0.472. The van der Waals surface area contributed by atoms with Crippen molar-refractivity contribution in [1.82, 2.24) is 0 Å². The van der Waals surface area contributed by atoms with Crippen LogP contribution in [0.2, 0.25) is 0 Å². The maximum absolute atomic E-state index is 12.2. The van der Waals surface area contributed by atoms with E-state index in [9.17, 15) is 25.0 Å². The van der Waals surface area contributed by atoms with Crippen molar-refractivity contribution in [2.75, 3.05) is 7.11 Å². The van der Waals surface area contributed by atoms with Crippen LogP contribution in [0.25, 0.3) is 0 Å². The van der Waals surface area contributed by atoms with Crippen LogP contribution in [0, 0.1) is 20.2 Å². The van der Waals surface area contributed by atoms with Crippen molar-refractivity contribution >= 4 is 17.4 Å². The summed E-state index contributed by atoms with van der Waals surface area (Å²) in [5.41, 5.74) is 0.171. The van der Waals surface area contributed by atoms with Gasteiger partial charge in [0.05, 0.1) is 29.2 Å². The maximum Gasteiger partial charge on any atom is 0.336 e. The van der Waals surface area contributed by atoms with Crippen LogP contribution in [0.4, 0.5) is 5.69 Å². The number of ether oxygens (including phenoxy) is 1. The lowest BCUT2D eigenvalue weighted by Gasteiger charge is -2.27. The fraction of sp³-hybridized carbons (Fsp3) is 0.333. The smallest absolute Gasteiger partial charge is 0.336 e. The second-order valence-electron chi connectivity index (χ2n) is 5.27. The SMILES string of the molecule is COC(=O)C1=C(C)N=C(C)C([N+](=O)[O-])C1c1ccccc1[N+](=O)[O-]. The number of carbonyl (C=O) groups is 1. The Morgan fingerprint density at radius 2 is 1.83 bits per heavy atom. The van der Waals surface area contributed by atoms with E-state index in [1.807, 2.05) is 0 Å². The molecule has 126 valence electrons. The third kappa shape index (κ3) is 2.87. The fourth-order valence-electron chi connectivity index (χ4n) is 2.92. The first-order valence-corrected chi connectivity index (χ1v) is 7.00. The summed E-state index contributed by atoms with van der Waals surface area (Å²) in [7, 11) is 1.14. The maximum atomic E-state index is 12.2. The second kappa shape index (κ2) is 6.57. The molecule has 2 atom stereocenters. The highest BCUT2D eigenvalue weighted by Gasteiger charge is 2.46. The zero-order chi connectivity index (χ0) is 18.0. The molecule has 1 aliphatic rings. The minimum absolute atomic E-state index is 0.0425. The van der Waals surface area contributed by atoms with Gasteiger partial charge >= 0.3 is 5.97 Å². The third-order valence-electron chi connectivity index (χ3n) is 3.89. The van der Waals surface area contributed by atoms with E-state index in [1.54, 1.807) is 0 Å². The van der Waals surface area contributed by atoms with Gasteiger partial charge in [-0.1, -0.05) is 18.2 Å². The van der Waals surface area contributed by atoms with Crippen LogP contribution >= 0.6 is 0 Å². The number of hydrogen-bond acceptors (Lipinski definition) is 7. The molecule has 9 heteroatoms. The van der Waals surface area contributed by atoms with Gasteiger partial charge in [-0.25, -0.2) is 4.79 Å². The van der Waals surface area contributed by atoms with E-state index in [0.29, 0.717) is 0 Å². The minimum Gasteiger partial charge on any atom is -0.466 e. The molecule has 0 fully saturated rings. The zero-order valence-electron chi connectivity index (χ0n) is 13.3. The molecule has 9 nitrogen and oxygen atoms in total. The normalized spacial score (nSPS) is 20.4. The Morgan fingerprint density at radius 1 is 1.21 bits per heavy atom. The summed E-state index contributed by atoms with van der Waals surface area (Å²) >= 11 is 0. The molecule has 0 aliphatic carbocycles. The molecule has 0 amide bonds. The van der Waals surface area contributed by atoms with Gasteiger partial charge in [-0.15, -0.1) is 0 Å². The first-order valence-electron chi connectivity index (χ1n) is 7.00. The van der Waals surface area contributed by atoms with Gasteiger partial charge in [0.1, 0.15) is 0 Å². The van der Waals surface area contributed by atoms with E-state index < -0.39 is 27.8 Å². The number of methoxy groups -OCH3 is 1. The van der Waals surface area contributed by atoms with Crippen molar-refractivity contribution < 1.29 is 19.4 Å². The highest BCUT2D eigenvalue weighted by atomic mass is 16.6. The predicted octanol–water partition coefficient (Wildman–Crippen LogP) is 2.25. The number of nitro benzene ring substituents is 1. The van der Waals surface area contributed by atoms with E-state index in [2.05, 4.69) is 4.99 Å². The fourth-order valence-corrected chi connectivity index (χ4v) is 2.92. The van der Waals surface area contributed by atoms with Gasteiger partial charge in [-0.2, -0.15) is 0 Å². The summed E-state index contributed by atoms with van der Waals surface area (Å²) < 4.78 is 4.72. The number of allylic oxidation sites excluding steroid dienone is 1. The standard InChI is InChI=1S/C15H15N3O6/c1-8-12(15(19)24-3)13(14(18(22)23)9(2)16-8)10-6-4-5-7-11(10)17(20)21/h4-7,13-14H,1-3H3. The molecule has 24 heavy (non-hydrogen) atoms. The van der Waals surface area contributed by atoms with Crippen molar-refractivity contribution in [2.45, 2.75) is 25.8 Å². The van der Waals surface area contributed by atoms with E-state index in [-0.39, 0.29) is 28.2 Å². The van der Waals surface area contributed by atoms with Gasteiger partial charge < -0.3 is 4.74 Å². The molecule has 0 radical (unpaired) electrons. The van der Waals surface area contributed by atoms with Gasteiger partial charge in [-0.05, 0) is 13.8 Å². The summed E-state index contributed by atoms with van der Waals surface area (Å²) in [4.78, 5) is 37.9. The van der Waals surface area contributed by atoms with E-state index in [4.69, 9.17) is 4.74 Å². The number of rotatable bonds is 4. The zero-order valence-corrected chi connectivity index (χ0v) is 13.3.